The van der Waals surface area contributed by atoms with Crippen molar-refractivity contribution >= 4 is 58.0 Å². The van der Waals surface area contributed by atoms with E-state index in [0.717, 1.165) is 61.1 Å². The molecule has 52 heavy (non-hydrogen) atoms. The molecule has 0 bridgehead atoms. The van der Waals surface area contributed by atoms with Gasteiger partial charge in [-0.15, -0.1) is 0 Å². The molecule has 0 spiro atoms. The van der Waals surface area contributed by atoms with Crippen LogP contribution in [0.4, 0.5) is 11.4 Å². The Labute approximate surface area is 302 Å². The van der Waals surface area contributed by atoms with Crippen LogP contribution in [0.25, 0.3) is 23.1 Å². The van der Waals surface area contributed by atoms with Gasteiger partial charge in [-0.25, -0.2) is 0 Å². The minimum absolute atomic E-state index is 0.298. The molecule has 0 saturated carbocycles. The Morgan fingerprint density at radius 2 is 1.46 bits per heavy atom. The number of nitrogens with zero attached hydrogens (tertiary/aromatic N) is 3. The molecule has 0 unspecified atom stereocenters. The summed E-state index contributed by atoms with van der Waals surface area (Å²) >= 11 is 0. The summed E-state index contributed by atoms with van der Waals surface area (Å²) < 4.78 is 8.67. The number of aromatic nitrogens is 3. The lowest BCUT2D eigenvalue weighted by atomic mass is 9.97. The molecule has 3 aromatic heterocycles. The highest BCUT2D eigenvalue weighted by atomic mass is 16.5. The summed E-state index contributed by atoms with van der Waals surface area (Å²) in [5, 5.41) is 20.9. The van der Waals surface area contributed by atoms with Gasteiger partial charge < -0.3 is 35.1 Å². The molecule has 0 atom stereocenters. The van der Waals surface area contributed by atoms with E-state index in [-0.39, 0.29) is 11.8 Å². The maximum Gasteiger partial charge on any atom is 0.272 e. The van der Waals surface area contributed by atoms with Crippen molar-refractivity contribution in [3.63, 3.8) is 0 Å². The van der Waals surface area contributed by atoms with Gasteiger partial charge in [-0.3, -0.25) is 24.8 Å². The zero-order valence-corrected chi connectivity index (χ0v) is 29.4. The highest BCUT2D eigenvalue weighted by molar-refractivity contribution is 6.07. The van der Waals surface area contributed by atoms with Crippen molar-refractivity contribution in [1.82, 2.24) is 24.8 Å². The van der Waals surface area contributed by atoms with Gasteiger partial charge in [-0.1, -0.05) is 42.5 Å². The first-order valence-corrected chi connectivity index (χ1v) is 17.5. The van der Waals surface area contributed by atoms with Crippen molar-refractivity contribution in [3.05, 3.63) is 113 Å². The fraction of sp³-hybridized carbons (Fsp3) is 0.275. The number of rotatable bonds is 13. The molecule has 1 aliphatic heterocycles. The number of anilines is 2. The van der Waals surface area contributed by atoms with E-state index < -0.39 is 5.91 Å². The van der Waals surface area contributed by atoms with Crippen LogP contribution in [0, 0.1) is 11.3 Å². The molecule has 12 heteroatoms. The fourth-order valence-corrected chi connectivity index (χ4v) is 6.18. The molecule has 5 N–H and O–H groups in total. The summed E-state index contributed by atoms with van der Waals surface area (Å²) in [6, 6.07) is 20.5. The van der Waals surface area contributed by atoms with Gasteiger partial charge in [0, 0.05) is 76.4 Å². The number of fused-ring (bicyclic) bond motifs is 1. The summed E-state index contributed by atoms with van der Waals surface area (Å²) in [6.45, 7) is 2.69. The molecule has 1 aliphatic rings. The van der Waals surface area contributed by atoms with Gasteiger partial charge in [0.15, 0.2) is 0 Å². The normalized spacial score (nSPS) is 13.3. The quantitative estimate of drug-likeness (QED) is 0.0740. The van der Waals surface area contributed by atoms with E-state index in [1.807, 2.05) is 54.7 Å². The zero-order chi connectivity index (χ0) is 36.5. The number of amidine groups is 1. The van der Waals surface area contributed by atoms with Crippen molar-refractivity contribution in [3.8, 4) is 0 Å². The number of carbonyl (C=O) groups is 3. The predicted octanol–water partition coefficient (Wildman–Crippen LogP) is 6.09. The Morgan fingerprint density at radius 1 is 0.808 bits per heavy atom. The van der Waals surface area contributed by atoms with Gasteiger partial charge in [0.1, 0.15) is 11.4 Å². The van der Waals surface area contributed by atoms with Crippen LogP contribution in [0.1, 0.15) is 68.1 Å². The number of amides is 3. The topological polar surface area (TPSA) is 155 Å². The number of para-hydroxylation sites is 1. The van der Waals surface area contributed by atoms with Crippen LogP contribution < -0.4 is 21.3 Å². The molecule has 0 aliphatic carbocycles. The average Bonchev–Trinajstić information content (AvgIpc) is 3.71. The Hall–Kier alpha value is -6.01. The molecule has 1 saturated heterocycles. The minimum Gasteiger partial charge on any atom is -0.381 e. The first-order valence-electron chi connectivity index (χ1n) is 17.5. The number of carbonyl (C=O) groups excluding carboxylic acids is 3. The van der Waals surface area contributed by atoms with E-state index in [9.17, 15) is 14.4 Å². The van der Waals surface area contributed by atoms with Gasteiger partial charge in [-0.05, 0) is 72.7 Å². The number of benzene rings is 2. The molecular formula is C40H44N8O4. The van der Waals surface area contributed by atoms with Crippen LogP contribution in [0.3, 0.4) is 0 Å². The smallest absolute Gasteiger partial charge is 0.272 e. The summed E-state index contributed by atoms with van der Waals surface area (Å²) in [5.74, 6) is 0.0369. The fourth-order valence-electron chi connectivity index (χ4n) is 6.18. The Bertz CT molecular complexity index is 2090. The second kappa shape index (κ2) is 16.8. The average molecular weight is 701 g/mol. The molecule has 3 amide bonds. The monoisotopic (exact) mass is 700 g/mol. The standard InChI is InChI=1S/C40H44N8O4/c1-47-26-33(22-35(47)39(50)43-18-14-37(41)42-17-13-28-15-19-52-20-16-28)46-40(51)36-23-32(25-48(36)2)45-38(49)30-11-9-27(10-12-30)7-8-29-21-31-5-3-4-6-34(31)44-24-29/h3-12,21-26,28H,13-20H2,1-2H3,(H2,41,42)(H,43,50)(H,45,49)(H,46,51)/b8-7+. The van der Waals surface area contributed by atoms with Crippen molar-refractivity contribution in [2.75, 3.05) is 36.9 Å². The van der Waals surface area contributed by atoms with Crippen LogP contribution in [0.5, 0.6) is 0 Å². The van der Waals surface area contributed by atoms with Crippen molar-refractivity contribution in [1.29, 1.82) is 5.41 Å². The lowest BCUT2D eigenvalue weighted by Gasteiger charge is -2.22. The summed E-state index contributed by atoms with van der Waals surface area (Å²) in [6.07, 6.45) is 12.7. The second-order valence-electron chi connectivity index (χ2n) is 13.0. The number of hydrogen-bond donors (Lipinski definition) is 5. The minimum atomic E-state index is -0.390. The Balaban J connectivity index is 0.966. The van der Waals surface area contributed by atoms with E-state index >= 15 is 0 Å². The van der Waals surface area contributed by atoms with Crippen molar-refractivity contribution in [2.45, 2.75) is 25.7 Å². The molecule has 1 fully saturated rings. The highest BCUT2D eigenvalue weighted by Gasteiger charge is 2.18. The van der Waals surface area contributed by atoms with Gasteiger partial charge >= 0.3 is 0 Å². The third-order valence-electron chi connectivity index (χ3n) is 9.14. The van der Waals surface area contributed by atoms with Crippen LogP contribution in [-0.2, 0) is 18.8 Å². The van der Waals surface area contributed by atoms with Crippen LogP contribution in [0.2, 0.25) is 0 Å². The van der Waals surface area contributed by atoms with Crippen LogP contribution in [-0.4, -0.2) is 64.0 Å². The predicted molar refractivity (Wildman–Crippen MR) is 205 cm³/mol. The lowest BCUT2D eigenvalue weighted by Crippen LogP contribution is -2.32. The van der Waals surface area contributed by atoms with Gasteiger partial charge in [-0.2, -0.15) is 0 Å². The number of ether oxygens (including phenoxy) is 1. The zero-order valence-electron chi connectivity index (χ0n) is 29.4. The number of nitrogens with one attached hydrogen (secondary N) is 5. The van der Waals surface area contributed by atoms with E-state index in [2.05, 4.69) is 32.3 Å². The Morgan fingerprint density at radius 3 is 2.19 bits per heavy atom. The van der Waals surface area contributed by atoms with Crippen LogP contribution in [0.15, 0.2) is 85.3 Å². The summed E-state index contributed by atoms with van der Waals surface area (Å²) in [4.78, 5) is 43.6. The number of pyridine rings is 1. The lowest BCUT2D eigenvalue weighted by molar-refractivity contribution is 0.0643. The number of aryl methyl sites for hydroxylation is 2. The number of hydrogen-bond acceptors (Lipinski definition) is 6. The van der Waals surface area contributed by atoms with E-state index in [4.69, 9.17) is 10.1 Å². The van der Waals surface area contributed by atoms with Gasteiger partial charge in [0.05, 0.1) is 22.7 Å². The van der Waals surface area contributed by atoms with E-state index in [0.29, 0.717) is 53.0 Å². The largest absolute Gasteiger partial charge is 0.381 e. The maximum atomic E-state index is 13.2. The molecule has 6 rings (SSSR count). The molecule has 268 valence electrons. The summed E-state index contributed by atoms with van der Waals surface area (Å²) in [7, 11) is 3.45. The maximum absolute atomic E-state index is 13.2. The van der Waals surface area contributed by atoms with Crippen molar-refractivity contribution in [2.24, 2.45) is 20.0 Å². The van der Waals surface area contributed by atoms with Gasteiger partial charge in [0.25, 0.3) is 17.7 Å². The molecule has 5 aromatic rings. The second-order valence-corrected chi connectivity index (χ2v) is 13.0. The molecule has 2 aromatic carbocycles. The van der Waals surface area contributed by atoms with Crippen LogP contribution >= 0.6 is 0 Å². The highest BCUT2D eigenvalue weighted by Crippen LogP contribution is 2.20. The first-order chi connectivity index (χ1) is 25.2. The Kier molecular flexibility index (Phi) is 11.6. The third-order valence-corrected chi connectivity index (χ3v) is 9.14. The summed E-state index contributed by atoms with van der Waals surface area (Å²) in [5.41, 5.74) is 4.99. The molecular weight excluding hydrogens is 656 g/mol. The molecule has 4 heterocycles. The van der Waals surface area contributed by atoms with E-state index in [1.165, 1.54) is 0 Å². The molecule has 12 nitrogen and oxygen atoms in total. The third kappa shape index (κ3) is 9.40. The van der Waals surface area contributed by atoms with Crippen molar-refractivity contribution < 1.29 is 19.1 Å². The van der Waals surface area contributed by atoms with E-state index in [1.54, 1.807) is 59.9 Å². The molecule has 0 radical (unpaired) electrons. The SMILES string of the molecule is Cn1cc(NC(=O)c2cc(NC(=O)c3ccc(/C=C/c4cnc5ccccc5c4)cc3)cn2C)cc1C(=O)NCCC(=N)NCCC1CCOCC1. The first kappa shape index (κ1) is 35.8. The van der Waals surface area contributed by atoms with Gasteiger partial charge in [0.2, 0.25) is 0 Å².